The lowest BCUT2D eigenvalue weighted by Gasteiger charge is -2.38. The third kappa shape index (κ3) is 3.04. The number of rotatable bonds is 3. The predicted molar refractivity (Wildman–Crippen MR) is 86.7 cm³/mol. The van der Waals surface area contributed by atoms with Crippen LogP contribution in [0, 0.1) is 0 Å². The summed E-state index contributed by atoms with van der Waals surface area (Å²) in [6, 6.07) is 5.12. The molecule has 0 aromatic carbocycles. The van der Waals surface area contributed by atoms with Crippen LogP contribution in [-0.2, 0) is 11.3 Å². The topological polar surface area (TPSA) is 15.7 Å². The summed E-state index contributed by atoms with van der Waals surface area (Å²) in [5, 5.41) is 2.18. The van der Waals surface area contributed by atoms with E-state index in [2.05, 4.69) is 27.3 Å². The van der Waals surface area contributed by atoms with Gasteiger partial charge < -0.3 is 4.74 Å². The summed E-state index contributed by atoms with van der Waals surface area (Å²) in [6.07, 6.45) is 6.50. The molecule has 1 aromatic heterocycles. The van der Waals surface area contributed by atoms with Gasteiger partial charge in [0.2, 0.25) is 0 Å². The molecule has 116 valence electrons. The zero-order valence-corrected chi connectivity index (χ0v) is 13.6. The Morgan fingerprint density at radius 2 is 2.00 bits per heavy atom. The third-order valence-corrected chi connectivity index (χ3v) is 6.43. The van der Waals surface area contributed by atoms with Crippen molar-refractivity contribution in [2.45, 2.75) is 50.3 Å². The standard InChI is InChI=1S/C17H26N2OS/c1-2-8-19(7-1)15-12-17(20-14-15)5-9-18(10-6-17)13-16-4-3-11-21-16/h3-4,11,15H,1-2,5-10,12-14H2. The molecule has 0 radical (unpaired) electrons. The van der Waals surface area contributed by atoms with Crippen LogP contribution in [0.2, 0.25) is 0 Å². The second-order valence-corrected chi connectivity index (χ2v) is 7.98. The first-order valence-corrected chi connectivity index (χ1v) is 9.34. The molecule has 4 heteroatoms. The Kier molecular flexibility index (Phi) is 4.05. The molecule has 1 unspecified atom stereocenters. The van der Waals surface area contributed by atoms with Gasteiger partial charge in [-0.2, -0.15) is 0 Å². The number of piperidine rings is 1. The number of hydrogen-bond acceptors (Lipinski definition) is 4. The summed E-state index contributed by atoms with van der Waals surface area (Å²) in [7, 11) is 0. The monoisotopic (exact) mass is 306 g/mol. The normalized spacial score (nSPS) is 30.4. The van der Waals surface area contributed by atoms with Gasteiger partial charge in [-0.05, 0) is 56.6 Å². The van der Waals surface area contributed by atoms with Crippen LogP contribution in [0.25, 0.3) is 0 Å². The molecule has 4 heterocycles. The van der Waals surface area contributed by atoms with Crippen LogP contribution < -0.4 is 0 Å². The van der Waals surface area contributed by atoms with Crippen molar-refractivity contribution >= 4 is 11.3 Å². The quantitative estimate of drug-likeness (QED) is 0.854. The molecule has 1 aromatic rings. The Morgan fingerprint density at radius 3 is 2.71 bits per heavy atom. The molecule has 3 fully saturated rings. The maximum Gasteiger partial charge on any atom is 0.0723 e. The smallest absolute Gasteiger partial charge is 0.0723 e. The summed E-state index contributed by atoms with van der Waals surface area (Å²) >= 11 is 1.88. The first kappa shape index (κ1) is 14.2. The van der Waals surface area contributed by atoms with E-state index in [1.165, 1.54) is 63.2 Å². The molecule has 0 amide bonds. The number of hydrogen-bond donors (Lipinski definition) is 0. The van der Waals surface area contributed by atoms with Gasteiger partial charge in [-0.25, -0.2) is 0 Å². The molecule has 0 N–H and O–H groups in total. The maximum atomic E-state index is 6.32. The van der Waals surface area contributed by atoms with Crippen LogP contribution in [0.4, 0.5) is 0 Å². The van der Waals surface area contributed by atoms with Crippen molar-refractivity contribution in [1.29, 1.82) is 0 Å². The zero-order valence-electron chi connectivity index (χ0n) is 12.8. The zero-order chi connectivity index (χ0) is 14.1. The van der Waals surface area contributed by atoms with Gasteiger partial charge in [0.25, 0.3) is 0 Å². The third-order valence-electron chi connectivity index (χ3n) is 5.57. The molecule has 1 spiro atoms. The summed E-state index contributed by atoms with van der Waals surface area (Å²) in [5.74, 6) is 0. The molecule has 4 rings (SSSR count). The molecular formula is C17H26N2OS. The molecule has 21 heavy (non-hydrogen) atoms. The Labute approximate surface area is 131 Å². The van der Waals surface area contributed by atoms with Crippen molar-refractivity contribution in [3.8, 4) is 0 Å². The lowest BCUT2D eigenvalue weighted by atomic mass is 9.87. The molecule has 3 aliphatic rings. The van der Waals surface area contributed by atoms with E-state index >= 15 is 0 Å². The highest BCUT2D eigenvalue weighted by Gasteiger charge is 2.44. The van der Waals surface area contributed by atoms with Crippen LogP contribution in [0.1, 0.15) is 37.0 Å². The van der Waals surface area contributed by atoms with Gasteiger partial charge in [-0.15, -0.1) is 11.3 Å². The first-order valence-electron chi connectivity index (χ1n) is 8.46. The van der Waals surface area contributed by atoms with Crippen molar-refractivity contribution in [2.24, 2.45) is 0 Å². The van der Waals surface area contributed by atoms with Gasteiger partial charge in [-0.3, -0.25) is 9.80 Å². The summed E-state index contributed by atoms with van der Waals surface area (Å²) < 4.78 is 6.32. The number of nitrogens with zero attached hydrogens (tertiary/aromatic N) is 2. The fourth-order valence-electron chi connectivity index (χ4n) is 4.25. The molecule has 1 atom stereocenters. The molecule has 3 aliphatic heterocycles. The van der Waals surface area contributed by atoms with E-state index in [0.29, 0.717) is 6.04 Å². The van der Waals surface area contributed by atoms with E-state index in [0.717, 1.165) is 13.2 Å². The highest BCUT2D eigenvalue weighted by molar-refractivity contribution is 7.09. The number of thiophene rings is 1. The van der Waals surface area contributed by atoms with Gasteiger partial charge in [-0.1, -0.05) is 6.07 Å². The number of ether oxygens (including phenoxy) is 1. The largest absolute Gasteiger partial charge is 0.373 e. The second kappa shape index (κ2) is 5.99. The summed E-state index contributed by atoms with van der Waals surface area (Å²) in [5.41, 5.74) is 0.208. The minimum Gasteiger partial charge on any atom is -0.373 e. The Hall–Kier alpha value is -0.420. The van der Waals surface area contributed by atoms with Crippen molar-refractivity contribution in [1.82, 2.24) is 9.80 Å². The van der Waals surface area contributed by atoms with Gasteiger partial charge in [0.15, 0.2) is 0 Å². The highest BCUT2D eigenvalue weighted by atomic mass is 32.1. The van der Waals surface area contributed by atoms with Crippen LogP contribution in [0.3, 0.4) is 0 Å². The van der Waals surface area contributed by atoms with E-state index in [-0.39, 0.29) is 5.60 Å². The fourth-order valence-corrected chi connectivity index (χ4v) is 5.00. The van der Waals surface area contributed by atoms with Crippen LogP contribution in [0.5, 0.6) is 0 Å². The minimum atomic E-state index is 0.208. The van der Waals surface area contributed by atoms with E-state index in [9.17, 15) is 0 Å². The molecule has 3 nitrogen and oxygen atoms in total. The first-order chi connectivity index (χ1) is 10.3. The fraction of sp³-hybridized carbons (Fsp3) is 0.765. The molecule has 0 saturated carbocycles. The lowest BCUT2D eigenvalue weighted by Crippen LogP contribution is -2.44. The SMILES string of the molecule is c1csc(CN2CCC3(CC2)CC(N2CCCC2)CO3)c1. The molecule has 0 aliphatic carbocycles. The minimum absolute atomic E-state index is 0.208. The molecule has 3 saturated heterocycles. The average Bonchev–Trinajstić information content (AvgIpc) is 3.23. The van der Waals surface area contributed by atoms with Crippen molar-refractivity contribution in [2.75, 3.05) is 32.8 Å². The van der Waals surface area contributed by atoms with Crippen molar-refractivity contribution in [3.63, 3.8) is 0 Å². The second-order valence-electron chi connectivity index (χ2n) is 6.95. The summed E-state index contributed by atoms with van der Waals surface area (Å²) in [6.45, 7) is 7.10. The van der Waals surface area contributed by atoms with Crippen LogP contribution >= 0.6 is 11.3 Å². The Balaban J connectivity index is 1.30. The molecule has 0 bridgehead atoms. The van der Waals surface area contributed by atoms with E-state index in [1.54, 1.807) is 0 Å². The highest BCUT2D eigenvalue weighted by Crippen LogP contribution is 2.38. The lowest BCUT2D eigenvalue weighted by molar-refractivity contribution is -0.0451. The van der Waals surface area contributed by atoms with E-state index < -0.39 is 0 Å². The molecular weight excluding hydrogens is 280 g/mol. The van der Waals surface area contributed by atoms with Gasteiger partial charge in [0.05, 0.1) is 12.2 Å². The van der Waals surface area contributed by atoms with E-state index in [1.807, 2.05) is 11.3 Å². The van der Waals surface area contributed by atoms with Crippen LogP contribution in [0.15, 0.2) is 17.5 Å². The Bertz CT molecular complexity index is 447. The predicted octanol–water partition coefficient (Wildman–Crippen LogP) is 2.97. The van der Waals surface area contributed by atoms with Gasteiger partial charge in [0, 0.05) is 30.6 Å². The average molecular weight is 306 g/mol. The van der Waals surface area contributed by atoms with E-state index in [4.69, 9.17) is 4.74 Å². The van der Waals surface area contributed by atoms with Crippen molar-refractivity contribution < 1.29 is 4.74 Å². The summed E-state index contributed by atoms with van der Waals surface area (Å²) in [4.78, 5) is 6.77. The van der Waals surface area contributed by atoms with Crippen LogP contribution in [-0.4, -0.2) is 54.2 Å². The van der Waals surface area contributed by atoms with Crippen molar-refractivity contribution in [3.05, 3.63) is 22.4 Å². The van der Waals surface area contributed by atoms with Gasteiger partial charge >= 0.3 is 0 Å². The maximum absolute atomic E-state index is 6.32. The number of likely N-dealkylation sites (tertiary alicyclic amines) is 2. The Morgan fingerprint density at radius 1 is 1.19 bits per heavy atom. The van der Waals surface area contributed by atoms with Gasteiger partial charge in [0.1, 0.15) is 0 Å².